The number of benzene rings is 1. The molecular formula is C16H13N3O4. The van der Waals surface area contributed by atoms with Crippen LogP contribution in [0.4, 0.5) is 0 Å². The van der Waals surface area contributed by atoms with Crippen molar-refractivity contribution in [3.05, 3.63) is 57.6 Å². The number of hydrogen-bond donors (Lipinski definition) is 2. The molecule has 7 heteroatoms. The molecule has 0 saturated carbocycles. The summed E-state index contributed by atoms with van der Waals surface area (Å²) < 4.78 is 6.75. The number of ether oxygens (including phenoxy) is 1. The molecule has 4 rings (SSSR count). The molecule has 0 fully saturated rings. The minimum absolute atomic E-state index is 0.161. The Balaban J connectivity index is 1.85. The summed E-state index contributed by atoms with van der Waals surface area (Å²) in [6, 6.07) is 7.20. The third-order valence-corrected chi connectivity index (χ3v) is 3.98. The number of carboxylic acid groups (broad SMARTS) is 1. The maximum Gasteiger partial charge on any atom is 0.356 e. The number of nitrogens with one attached hydrogen (secondary N) is 1. The molecule has 23 heavy (non-hydrogen) atoms. The van der Waals surface area contributed by atoms with Gasteiger partial charge in [0.05, 0.1) is 25.1 Å². The van der Waals surface area contributed by atoms with E-state index in [1.807, 2.05) is 18.2 Å². The van der Waals surface area contributed by atoms with E-state index < -0.39 is 5.97 Å². The highest BCUT2D eigenvalue weighted by molar-refractivity contribution is 5.87. The van der Waals surface area contributed by atoms with Gasteiger partial charge in [0.2, 0.25) is 0 Å². The lowest BCUT2D eigenvalue weighted by atomic mass is 9.99. The van der Waals surface area contributed by atoms with Crippen LogP contribution in [0.5, 0.6) is 0 Å². The summed E-state index contributed by atoms with van der Waals surface area (Å²) in [5, 5.41) is 12.9. The Bertz CT molecular complexity index is 987. The number of hydrogen-bond acceptors (Lipinski definition) is 4. The molecule has 0 spiro atoms. The summed E-state index contributed by atoms with van der Waals surface area (Å²) in [6.07, 6.45) is 2.50. The summed E-state index contributed by atoms with van der Waals surface area (Å²) in [5.74, 6) is -1.17. The molecule has 116 valence electrons. The van der Waals surface area contributed by atoms with Gasteiger partial charge in [-0.3, -0.25) is 4.79 Å². The average Bonchev–Trinajstić information content (AvgIpc) is 2.99. The largest absolute Gasteiger partial charge is 0.476 e. The van der Waals surface area contributed by atoms with E-state index >= 15 is 0 Å². The van der Waals surface area contributed by atoms with E-state index in [9.17, 15) is 9.59 Å². The summed E-state index contributed by atoms with van der Waals surface area (Å²) in [5.41, 5.74) is 3.42. The zero-order valence-electron chi connectivity index (χ0n) is 12.1. The predicted molar refractivity (Wildman–Crippen MR) is 81.6 cm³/mol. The maximum atomic E-state index is 12.2. The van der Waals surface area contributed by atoms with Gasteiger partial charge >= 0.3 is 5.97 Å². The van der Waals surface area contributed by atoms with Gasteiger partial charge in [0.1, 0.15) is 5.52 Å². The minimum atomic E-state index is -1.17. The second-order valence-corrected chi connectivity index (χ2v) is 5.45. The Hall–Kier alpha value is -2.93. The summed E-state index contributed by atoms with van der Waals surface area (Å²) in [4.78, 5) is 25.9. The van der Waals surface area contributed by atoms with Crippen molar-refractivity contribution in [1.29, 1.82) is 0 Å². The van der Waals surface area contributed by atoms with E-state index in [0.29, 0.717) is 12.3 Å². The molecule has 7 nitrogen and oxygen atoms in total. The van der Waals surface area contributed by atoms with Crippen molar-refractivity contribution < 1.29 is 14.6 Å². The number of aromatic amines is 1. The monoisotopic (exact) mass is 311 g/mol. The van der Waals surface area contributed by atoms with Crippen molar-refractivity contribution in [3.63, 3.8) is 0 Å². The lowest BCUT2D eigenvalue weighted by Crippen LogP contribution is -2.12. The van der Waals surface area contributed by atoms with E-state index in [0.717, 1.165) is 24.2 Å². The number of aromatic nitrogens is 3. The van der Waals surface area contributed by atoms with Crippen molar-refractivity contribution in [2.45, 2.75) is 13.0 Å². The molecule has 0 saturated heterocycles. The van der Waals surface area contributed by atoms with Crippen molar-refractivity contribution in [1.82, 2.24) is 14.6 Å². The van der Waals surface area contributed by atoms with Crippen LogP contribution >= 0.6 is 0 Å². The molecule has 3 aromatic rings. The number of carboxylic acids is 1. The quantitative estimate of drug-likeness (QED) is 0.747. The van der Waals surface area contributed by atoms with Crippen LogP contribution in [0.25, 0.3) is 16.8 Å². The van der Waals surface area contributed by atoms with E-state index in [-0.39, 0.29) is 16.8 Å². The molecule has 0 bridgehead atoms. The summed E-state index contributed by atoms with van der Waals surface area (Å²) in [7, 11) is 0. The third kappa shape index (κ3) is 2.31. The van der Waals surface area contributed by atoms with E-state index in [1.165, 1.54) is 16.1 Å². The van der Waals surface area contributed by atoms with E-state index in [4.69, 9.17) is 9.84 Å². The standard InChI is InChI=1S/C16H13N3O4/c20-15-14-6-12(16(21)22)18-19(14)7-13(17-15)10-2-1-9-3-4-23-8-11(9)5-10/h1-2,5-7H,3-4,8H2,(H,17,20)(H,21,22). The number of nitrogens with zero attached hydrogens (tertiary/aromatic N) is 2. The average molecular weight is 311 g/mol. The number of carbonyl (C=O) groups is 1. The molecule has 0 unspecified atom stereocenters. The van der Waals surface area contributed by atoms with Crippen molar-refractivity contribution in [2.75, 3.05) is 6.61 Å². The molecule has 1 aliphatic rings. The lowest BCUT2D eigenvalue weighted by molar-refractivity contribution is 0.0690. The molecule has 2 N–H and O–H groups in total. The van der Waals surface area contributed by atoms with Gasteiger partial charge in [0, 0.05) is 6.07 Å². The van der Waals surface area contributed by atoms with Crippen LogP contribution in [0.15, 0.2) is 35.3 Å². The minimum Gasteiger partial charge on any atom is -0.476 e. The SMILES string of the molecule is O=C(O)c1cc2c(=O)[nH]c(-c3ccc4c(c3)COCC4)cn2n1. The molecule has 1 aromatic carbocycles. The van der Waals surface area contributed by atoms with Crippen LogP contribution < -0.4 is 5.56 Å². The first-order valence-corrected chi connectivity index (χ1v) is 7.18. The van der Waals surface area contributed by atoms with Crippen LogP contribution in [0.1, 0.15) is 21.6 Å². The Morgan fingerprint density at radius 2 is 2.17 bits per heavy atom. The van der Waals surface area contributed by atoms with Crippen LogP contribution in [-0.2, 0) is 17.8 Å². The van der Waals surface area contributed by atoms with E-state index in [2.05, 4.69) is 10.1 Å². The topological polar surface area (TPSA) is 96.7 Å². The van der Waals surface area contributed by atoms with Crippen LogP contribution in [0, 0.1) is 0 Å². The fourth-order valence-electron chi connectivity index (χ4n) is 2.79. The van der Waals surface area contributed by atoms with Gasteiger partial charge in [0.15, 0.2) is 5.69 Å². The Morgan fingerprint density at radius 1 is 1.30 bits per heavy atom. The molecule has 0 aliphatic carbocycles. The van der Waals surface area contributed by atoms with Gasteiger partial charge in [-0.25, -0.2) is 9.31 Å². The van der Waals surface area contributed by atoms with Gasteiger partial charge in [-0.2, -0.15) is 5.10 Å². The molecular weight excluding hydrogens is 298 g/mol. The molecule has 2 aromatic heterocycles. The van der Waals surface area contributed by atoms with Gasteiger partial charge in [-0.05, 0) is 29.2 Å². The Morgan fingerprint density at radius 3 is 3.00 bits per heavy atom. The molecule has 0 amide bonds. The van der Waals surface area contributed by atoms with Gasteiger partial charge in [-0.1, -0.05) is 12.1 Å². The number of rotatable bonds is 2. The number of H-pyrrole nitrogens is 1. The van der Waals surface area contributed by atoms with Gasteiger partial charge < -0.3 is 14.8 Å². The van der Waals surface area contributed by atoms with Crippen molar-refractivity contribution >= 4 is 11.5 Å². The van der Waals surface area contributed by atoms with Gasteiger partial charge in [0.25, 0.3) is 5.56 Å². The van der Waals surface area contributed by atoms with Crippen LogP contribution in [-0.4, -0.2) is 32.3 Å². The van der Waals surface area contributed by atoms with Crippen molar-refractivity contribution in [2.24, 2.45) is 0 Å². The Kier molecular flexibility index (Phi) is 3.02. The van der Waals surface area contributed by atoms with Crippen LogP contribution in [0.2, 0.25) is 0 Å². The van der Waals surface area contributed by atoms with Crippen LogP contribution in [0.3, 0.4) is 0 Å². The van der Waals surface area contributed by atoms with Gasteiger partial charge in [-0.15, -0.1) is 0 Å². The fourth-order valence-corrected chi connectivity index (χ4v) is 2.79. The first kappa shape index (κ1) is 13.7. The number of aromatic carboxylic acids is 1. The molecule has 0 radical (unpaired) electrons. The first-order valence-electron chi connectivity index (χ1n) is 7.18. The molecule has 0 atom stereocenters. The highest BCUT2D eigenvalue weighted by atomic mass is 16.5. The zero-order chi connectivity index (χ0) is 16.0. The third-order valence-electron chi connectivity index (χ3n) is 3.98. The van der Waals surface area contributed by atoms with E-state index in [1.54, 1.807) is 6.20 Å². The first-order chi connectivity index (χ1) is 11.1. The van der Waals surface area contributed by atoms with Crippen molar-refractivity contribution in [3.8, 4) is 11.3 Å². The second-order valence-electron chi connectivity index (χ2n) is 5.45. The lowest BCUT2D eigenvalue weighted by Gasteiger charge is -2.17. The Labute approximate surface area is 130 Å². The zero-order valence-corrected chi connectivity index (χ0v) is 12.1. The molecule has 3 heterocycles. The second kappa shape index (κ2) is 5.06. The highest BCUT2D eigenvalue weighted by Crippen LogP contribution is 2.24. The number of fused-ring (bicyclic) bond motifs is 2. The highest BCUT2D eigenvalue weighted by Gasteiger charge is 2.14. The maximum absolute atomic E-state index is 12.2. The summed E-state index contributed by atoms with van der Waals surface area (Å²) >= 11 is 0. The fraction of sp³-hybridized carbons (Fsp3) is 0.188. The predicted octanol–water partition coefficient (Wildman–Crippen LogP) is 1.46. The smallest absolute Gasteiger partial charge is 0.356 e. The molecule has 1 aliphatic heterocycles. The normalized spacial score (nSPS) is 13.9. The summed E-state index contributed by atoms with van der Waals surface area (Å²) in [6.45, 7) is 1.28.